The summed E-state index contributed by atoms with van der Waals surface area (Å²) in [7, 11) is 0. The highest BCUT2D eigenvalue weighted by molar-refractivity contribution is 5.54. The van der Waals surface area contributed by atoms with Gasteiger partial charge in [0.15, 0.2) is 0 Å². The molecule has 0 atom stereocenters. The van der Waals surface area contributed by atoms with Crippen LogP contribution in [0.3, 0.4) is 0 Å². The van der Waals surface area contributed by atoms with Crippen molar-refractivity contribution < 1.29 is 4.52 Å². The minimum Gasteiger partial charge on any atom is -0.338 e. The van der Waals surface area contributed by atoms with Gasteiger partial charge < -0.3 is 10.3 Å². The largest absolute Gasteiger partial charge is 0.338 e. The van der Waals surface area contributed by atoms with Gasteiger partial charge in [-0.3, -0.25) is 0 Å². The topological polar surface area (TPSA) is 64.9 Å². The number of aryl methyl sites for hydroxylation is 1. The fourth-order valence-corrected chi connectivity index (χ4v) is 2.99. The van der Waals surface area contributed by atoms with Crippen LogP contribution in [0.15, 0.2) is 28.8 Å². The van der Waals surface area contributed by atoms with Crippen molar-refractivity contribution in [1.29, 1.82) is 0 Å². The highest BCUT2D eigenvalue weighted by Gasteiger charge is 2.38. The molecule has 1 fully saturated rings. The summed E-state index contributed by atoms with van der Waals surface area (Å²) < 4.78 is 5.54. The Kier molecular flexibility index (Phi) is 3.57. The molecule has 4 heteroatoms. The highest BCUT2D eigenvalue weighted by atomic mass is 16.5. The van der Waals surface area contributed by atoms with Crippen molar-refractivity contribution in [3.8, 4) is 11.4 Å². The highest BCUT2D eigenvalue weighted by Crippen LogP contribution is 2.38. The van der Waals surface area contributed by atoms with Gasteiger partial charge in [0.2, 0.25) is 11.7 Å². The molecule has 0 aliphatic heterocycles. The lowest BCUT2D eigenvalue weighted by molar-refractivity contribution is 0.220. The van der Waals surface area contributed by atoms with Crippen LogP contribution in [-0.2, 0) is 5.41 Å². The molecule has 1 aromatic heterocycles. The Balaban J connectivity index is 1.91. The van der Waals surface area contributed by atoms with E-state index in [1.54, 1.807) is 0 Å². The first-order valence-corrected chi connectivity index (χ1v) is 7.35. The lowest BCUT2D eigenvalue weighted by atomic mass is 9.74. The maximum Gasteiger partial charge on any atom is 0.234 e. The monoisotopic (exact) mass is 271 g/mol. The van der Waals surface area contributed by atoms with Crippen LogP contribution in [0.1, 0.15) is 43.6 Å². The molecule has 0 unspecified atom stereocenters. The first-order valence-electron chi connectivity index (χ1n) is 7.35. The molecule has 1 saturated carbocycles. The average molecular weight is 271 g/mol. The zero-order valence-corrected chi connectivity index (χ0v) is 11.9. The molecule has 1 aliphatic carbocycles. The normalized spacial score (nSPS) is 18.1. The van der Waals surface area contributed by atoms with Crippen LogP contribution in [0, 0.1) is 6.92 Å². The van der Waals surface area contributed by atoms with Gasteiger partial charge in [-0.1, -0.05) is 54.2 Å². The third-order valence-corrected chi connectivity index (χ3v) is 4.39. The standard InChI is InChI=1S/C16H21N3O/c1-12-5-7-13(8-6-12)14-18-15(20-19-14)16(11-17)9-3-2-4-10-16/h5-8H,2-4,9-11,17H2,1H3. The molecule has 1 aromatic carbocycles. The number of hydrogen-bond acceptors (Lipinski definition) is 4. The van der Waals surface area contributed by atoms with Gasteiger partial charge in [-0.05, 0) is 19.8 Å². The maximum absolute atomic E-state index is 6.01. The van der Waals surface area contributed by atoms with Gasteiger partial charge in [-0.25, -0.2) is 0 Å². The van der Waals surface area contributed by atoms with Gasteiger partial charge in [0.05, 0.1) is 5.41 Å². The molecule has 1 heterocycles. The molecule has 20 heavy (non-hydrogen) atoms. The molecule has 2 N–H and O–H groups in total. The van der Waals surface area contributed by atoms with Crippen molar-refractivity contribution in [1.82, 2.24) is 10.1 Å². The fraction of sp³-hybridized carbons (Fsp3) is 0.500. The Hall–Kier alpha value is -1.68. The fourth-order valence-electron chi connectivity index (χ4n) is 2.99. The van der Waals surface area contributed by atoms with E-state index in [0.29, 0.717) is 12.4 Å². The summed E-state index contributed by atoms with van der Waals surface area (Å²) in [6.45, 7) is 2.65. The smallest absolute Gasteiger partial charge is 0.234 e. The number of aromatic nitrogens is 2. The van der Waals surface area contributed by atoms with Gasteiger partial charge in [-0.2, -0.15) is 4.98 Å². The number of nitrogens with zero attached hydrogens (tertiary/aromatic N) is 2. The van der Waals surface area contributed by atoms with Crippen molar-refractivity contribution in [3.63, 3.8) is 0 Å². The summed E-state index contributed by atoms with van der Waals surface area (Å²) in [5, 5.41) is 4.14. The predicted molar refractivity (Wildman–Crippen MR) is 78.3 cm³/mol. The number of hydrogen-bond donors (Lipinski definition) is 1. The van der Waals surface area contributed by atoms with E-state index in [-0.39, 0.29) is 5.41 Å². The predicted octanol–water partition coefficient (Wildman–Crippen LogP) is 3.21. The number of benzene rings is 1. The van der Waals surface area contributed by atoms with E-state index < -0.39 is 0 Å². The van der Waals surface area contributed by atoms with E-state index in [9.17, 15) is 0 Å². The third-order valence-electron chi connectivity index (χ3n) is 4.39. The van der Waals surface area contributed by atoms with Crippen molar-refractivity contribution in [2.75, 3.05) is 6.54 Å². The van der Waals surface area contributed by atoms with Crippen molar-refractivity contribution in [2.45, 2.75) is 44.4 Å². The molecule has 3 rings (SSSR count). The van der Waals surface area contributed by atoms with Crippen molar-refractivity contribution in [2.24, 2.45) is 5.73 Å². The quantitative estimate of drug-likeness (QED) is 0.931. The van der Waals surface area contributed by atoms with Gasteiger partial charge in [0.1, 0.15) is 0 Å². The molecule has 2 aromatic rings. The molecular formula is C16H21N3O. The summed E-state index contributed by atoms with van der Waals surface area (Å²) in [6.07, 6.45) is 5.78. The minimum absolute atomic E-state index is 0.103. The molecule has 4 nitrogen and oxygen atoms in total. The number of rotatable bonds is 3. The molecular weight excluding hydrogens is 250 g/mol. The van der Waals surface area contributed by atoms with E-state index >= 15 is 0 Å². The Morgan fingerprint density at radius 2 is 1.85 bits per heavy atom. The summed E-state index contributed by atoms with van der Waals surface area (Å²) in [4.78, 5) is 4.62. The second-order valence-electron chi connectivity index (χ2n) is 5.83. The second kappa shape index (κ2) is 5.37. The van der Waals surface area contributed by atoms with Crippen LogP contribution in [0.4, 0.5) is 0 Å². The minimum atomic E-state index is -0.103. The average Bonchev–Trinajstić information content (AvgIpc) is 2.99. The third kappa shape index (κ3) is 2.36. The Morgan fingerprint density at radius 1 is 1.15 bits per heavy atom. The first kappa shape index (κ1) is 13.3. The van der Waals surface area contributed by atoms with E-state index in [2.05, 4.69) is 29.2 Å². The number of nitrogens with two attached hydrogens (primary N) is 1. The van der Waals surface area contributed by atoms with Crippen LogP contribution < -0.4 is 5.73 Å². The van der Waals surface area contributed by atoms with Crippen LogP contribution in [-0.4, -0.2) is 16.7 Å². The van der Waals surface area contributed by atoms with Gasteiger partial charge >= 0.3 is 0 Å². The molecule has 106 valence electrons. The Bertz CT molecular complexity index is 568. The molecule has 0 bridgehead atoms. The van der Waals surface area contributed by atoms with Gasteiger partial charge in [-0.15, -0.1) is 0 Å². The molecule has 0 radical (unpaired) electrons. The van der Waals surface area contributed by atoms with E-state index in [0.717, 1.165) is 24.3 Å². The Morgan fingerprint density at radius 3 is 2.50 bits per heavy atom. The molecule has 0 saturated heterocycles. The summed E-state index contributed by atoms with van der Waals surface area (Å²) in [5.41, 5.74) is 8.13. The second-order valence-corrected chi connectivity index (χ2v) is 5.83. The zero-order chi connectivity index (χ0) is 14.0. The first-order chi connectivity index (χ1) is 9.73. The van der Waals surface area contributed by atoms with Crippen LogP contribution >= 0.6 is 0 Å². The van der Waals surface area contributed by atoms with Crippen molar-refractivity contribution in [3.05, 3.63) is 35.7 Å². The SMILES string of the molecule is Cc1ccc(-c2noc(C3(CN)CCCCC3)n2)cc1. The summed E-state index contributed by atoms with van der Waals surface area (Å²) >= 11 is 0. The molecule has 0 amide bonds. The van der Waals surface area contributed by atoms with Gasteiger partial charge in [0, 0.05) is 12.1 Å². The van der Waals surface area contributed by atoms with E-state index in [4.69, 9.17) is 10.3 Å². The molecule has 1 aliphatic rings. The lowest BCUT2D eigenvalue weighted by Crippen LogP contribution is -2.37. The van der Waals surface area contributed by atoms with Crippen molar-refractivity contribution >= 4 is 0 Å². The molecule has 0 spiro atoms. The van der Waals surface area contributed by atoms with Crippen LogP contribution in [0.5, 0.6) is 0 Å². The van der Waals surface area contributed by atoms with E-state index in [1.807, 2.05) is 12.1 Å². The maximum atomic E-state index is 6.01. The van der Waals surface area contributed by atoms with E-state index in [1.165, 1.54) is 24.8 Å². The zero-order valence-electron chi connectivity index (χ0n) is 11.9. The van der Waals surface area contributed by atoms with Gasteiger partial charge in [0.25, 0.3) is 0 Å². The summed E-state index contributed by atoms with van der Waals surface area (Å²) in [6, 6.07) is 8.18. The summed E-state index contributed by atoms with van der Waals surface area (Å²) in [5.74, 6) is 1.38. The van der Waals surface area contributed by atoms with Crippen LogP contribution in [0.2, 0.25) is 0 Å². The van der Waals surface area contributed by atoms with Crippen LogP contribution in [0.25, 0.3) is 11.4 Å². The Labute approximate surface area is 119 Å². The lowest BCUT2D eigenvalue weighted by Gasteiger charge is -2.32.